The minimum Gasteiger partial charge on any atom is -0.310 e. The van der Waals surface area contributed by atoms with Crippen LogP contribution in [0.2, 0.25) is 0 Å². The van der Waals surface area contributed by atoms with Crippen LogP contribution in [-0.2, 0) is 5.41 Å². The van der Waals surface area contributed by atoms with E-state index in [1.807, 2.05) is 0 Å². The lowest BCUT2D eigenvalue weighted by Gasteiger charge is -2.29. The highest BCUT2D eigenvalue weighted by molar-refractivity contribution is 5.87. The number of benzene rings is 5. The van der Waals surface area contributed by atoms with E-state index in [1.165, 1.54) is 114 Å². The van der Waals surface area contributed by atoms with Crippen molar-refractivity contribution in [3.8, 4) is 22.3 Å². The minimum atomic E-state index is -0.0897. The molecule has 1 nitrogen and oxygen atoms in total. The third-order valence-corrected chi connectivity index (χ3v) is 12.6. The molecule has 5 aromatic carbocycles. The lowest BCUT2D eigenvalue weighted by molar-refractivity contribution is 0.420. The standard InChI is InChI=1S/C46H47N/c1-46(2)44-29-36(33-11-7-4-8-12-33)19-25-41(44)42-26-24-40(30-45(42)46)47(38-20-15-34(16-21-38)32-9-5-3-6-10-32)39-22-17-35(18-23-39)43-28-31-13-14-37(43)27-31/h4,7-8,11-12,15-26,29-32,37,43H,3,5-6,9-10,13-14,27-28H2,1-2H3. The van der Waals surface area contributed by atoms with Gasteiger partial charge in [0, 0.05) is 22.5 Å². The fourth-order valence-corrected chi connectivity index (χ4v) is 9.98. The molecule has 3 fully saturated rings. The van der Waals surface area contributed by atoms with Crippen LogP contribution in [0.15, 0.2) is 115 Å². The molecule has 1 heteroatoms. The molecule has 47 heavy (non-hydrogen) atoms. The summed E-state index contributed by atoms with van der Waals surface area (Å²) in [5.74, 6) is 3.34. The van der Waals surface area contributed by atoms with Gasteiger partial charge in [-0.1, -0.05) is 112 Å². The molecule has 2 bridgehead atoms. The summed E-state index contributed by atoms with van der Waals surface area (Å²) in [5, 5.41) is 0. The van der Waals surface area contributed by atoms with Crippen LogP contribution in [0.4, 0.5) is 17.1 Å². The molecule has 0 radical (unpaired) electrons. The van der Waals surface area contributed by atoms with E-state index in [0.29, 0.717) is 5.92 Å². The van der Waals surface area contributed by atoms with Crippen molar-refractivity contribution in [2.75, 3.05) is 4.90 Å². The third-order valence-electron chi connectivity index (χ3n) is 12.6. The van der Waals surface area contributed by atoms with Crippen molar-refractivity contribution in [1.82, 2.24) is 0 Å². The van der Waals surface area contributed by atoms with Crippen LogP contribution in [0.5, 0.6) is 0 Å². The Bertz CT molecular complexity index is 1890. The maximum Gasteiger partial charge on any atom is 0.0465 e. The molecule has 0 heterocycles. The van der Waals surface area contributed by atoms with Gasteiger partial charge < -0.3 is 4.90 Å². The van der Waals surface area contributed by atoms with Crippen molar-refractivity contribution in [2.24, 2.45) is 11.8 Å². The zero-order valence-corrected chi connectivity index (χ0v) is 28.1. The normalized spacial score (nSPS) is 22.6. The number of fused-ring (bicyclic) bond motifs is 5. The Kier molecular flexibility index (Phi) is 7.14. The van der Waals surface area contributed by atoms with Gasteiger partial charge in [0.2, 0.25) is 0 Å². The minimum absolute atomic E-state index is 0.0897. The Hall–Kier alpha value is -4.10. The second-order valence-electron chi connectivity index (χ2n) is 15.6. The predicted molar refractivity (Wildman–Crippen MR) is 198 cm³/mol. The molecule has 5 aromatic rings. The van der Waals surface area contributed by atoms with Crippen molar-refractivity contribution < 1.29 is 0 Å². The first-order chi connectivity index (χ1) is 23.0. The Morgan fingerprint density at radius 1 is 0.532 bits per heavy atom. The summed E-state index contributed by atoms with van der Waals surface area (Å²) < 4.78 is 0. The first-order valence-electron chi connectivity index (χ1n) is 18.4. The molecule has 0 aromatic heterocycles. The monoisotopic (exact) mass is 613 g/mol. The molecule has 3 atom stereocenters. The zero-order chi connectivity index (χ0) is 31.5. The van der Waals surface area contributed by atoms with Crippen LogP contribution in [0.25, 0.3) is 22.3 Å². The molecular weight excluding hydrogens is 567 g/mol. The Morgan fingerprint density at radius 3 is 1.83 bits per heavy atom. The van der Waals surface area contributed by atoms with Crippen molar-refractivity contribution >= 4 is 17.1 Å². The highest BCUT2D eigenvalue weighted by atomic mass is 15.1. The Labute approximate surface area is 281 Å². The third kappa shape index (κ3) is 5.05. The van der Waals surface area contributed by atoms with Crippen molar-refractivity contribution in [3.63, 3.8) is 0 Å². The van der Waals surface area contributed by atoms with Crippen LogP contribution < -0.4 is 4.90 Å². The first kappa shape index (κ1) is 29.1. The van der Waals surface area contributed by atoms with Gasteiger partial charge in [-0.15, -0.1) is 0 Å². The Balaban J connectivity index is 1.10. The fraction of sp³-hybridized carbons (Fsp3) is 0.348. The lowest BCUT2D eigenvalue weighted by atomic mass is 9.81. The molecule has 3 unspecified atom stereocenters. The summed E-state index contributed by atoms with van der Waals surface area (Å²) >= 11 is 0. The zero-order valence-electron chi connectivity index (χ0n) is 28.1. The molecule has 9 rings (SSSR count). The van der Waals surface area contributed by atoms with Gasteiger partial charge >= 0.3 is 0 Å². The molecule has 0 amide bonds. The van der Waals surface area contributed by atoms with E-state index < -0.39 is 0 Å². The molecule has 236 valence electrons. The number of rotatable bonds is 6. The number of anilines is 3. The van der Waals surface area contributed by atoms with Crippen LogP contribution in [-0.4, -0.2) is 0 Å². The molecule has 4 aliphatic rings. The number of hydrogen-bond donors (Lipinski definition) is 0. The summed E-state index contributed by atoms with van der Waals surface area (Å²) in [6, 6.07) is 44.4. The summed E-state index contributed by atoms with van der Waals surface area (Å²) in [5.41, 5.74) is 14.9. The SMILES string of the molecule is CC1(C)c2cc(-c3ccccc3)ccc2-c2ccc(N(c3ccc(C4CCCCC4)cc3)c3ccc(C4CC5CCC4C5)cc3)cc21. The van der Waals surface area contributed by atoms with E-state index in [0.717, 1.165) is 17.8 Å². The molecule has 0 spiro atoms. The van der Waals surface area contributed by atoms with Gasteiger partial charge in [-0.2, -0.15) is 0 Å². The van der Waals surface area contributed by atoms with E-state index >= 15 is 0 Å². The van der Waals surface area contributed by atoms with Gasteiger partial charge in [0.15, 0.2) is 0 Å². The summed E-state index contributed by atoms with van der Waals surface area (Å²) in [6.07, 6.45) is 12.5. The first-order valence-corrected chi connectivity index (χ1v) is 18.4. The molecular formula is C46H47N. The summed E-state index contributed by atoms with van der Waals surface area (Å²) in [4.78, 5) is 2.50. The fourth-order valence-electron chi connectivity index (χ4n) is 9.98. The summed E-state index contributed by atoms with van der Waals surface area (Å²) in [6.45, 7) is 4.81. The van der Waals surface area contributed by atoms with E-state index in [1.54, 1.807) is 5.56 Å². The van der Waals surface area contributed by atoms with E-state index in [9.17, 15) is 0 Å². The smallest absolute Gasteiger partial charge is 0.0465 e. The second-order valence-corrected chi connectivity index (χ2v) is 15.6. The molecule has 0 N–H and O–H groups in total. The van der Waals surface area contributed by atoms with Crippen molar-refractivity contribution in [2.45, 2.75) is 88.9 Å². The van der Waals surface area contributed by atoms with Crippen LogP contribution in [0, 0.1) is 11.8 Å². The van der Waals surface area contributed by atoms with Gasteiger partial charge in [0.1, 0.15) is 0 Å². The maximum atomic E-state index is 2.50. The Morgan fingerprint density at radius 2 is 1.17 bits per heavy atom. The van der Waals surface area contributed by atoms with Crippen LogP contribution in [0.3, 0.4) is 0 Å². The summed E-state index contributed by atoms with van der Waals surface area (Å²) in [7, 11) is 0. The topological polar surface area (TPSA) is 3.24 Å². The van der Waals surface area contributed by atoms with Crippen LogP contribution in [0.1, 0.15) is 106 Å². The average Bonchev–Trinajstić information content (AvgIpc) is 3.83. The van der Waals surface area contributed by atoms with Gasteiger partial charge in [-0.25, -0.2) is 0 Å². The maximum absolute atomic E-state index is 2.50. The lowest BCUT2D eigenvalue weighted by Crippen LogP contribution is -2.17. The van der Waals surface area contributed by atoms with Crippen LogP contribution >= 0.6 is 0 Å². The predicted octanol–water partition coefficient (Wildman–Crippen LogP) is 13.1. The number of nitrogens with zero attached hydrogens (tertiary/aromatic N) is 1. The van der Waals surface area contributed by atoms with E-state index in [-0.39, 0.29) is 5.41 Å². The van der Waals surface area contributed by atoms with Crippen molar-refractivity contribution in [3.05, 3.63) is 138 Å². The van der Waals surface area contributed by atoms with E-state index in [4.69, 9.17) is 0 Å². The molecule has 0 aliphatic heterocycles. The van der Waals surface area contributed by atoms with Gasteiger partial charge in [-0.05, 0) is 143 Å². The van der Waals surface area contributed by atoms with Gasteiger partial charge in [-0.3, -0.25) is 0 Å². The number of hydrogen-bond acceptors (Lipinski definition) is 1. The molecule has 0 saturated heterocycles. The highest BCUT2D eigenvalue weighted by Crippen LogP contribution is 2.54. The highest BCUT2D eigenvalue weighted by Gasteiger charge is 2.40. The average molecular weight is 614 g/mol. The quantitative estimate of drug-likeness (QED) is 0.184. The van der Waals surface area contributed by atoms with Crippen molar-refractivity contribution in [1.29, 1.82) is 0 Å². The largest absolute Gasteiger partial charge is 0.310 e. The second kappa shape index (κ2) is 11.6. The van der Waals surface area contributed by atoms with Gasteiger partial charge in [0.05, 0.1) is 0 Å². The van der Waals surface area contributed by atoms with Gasteiger partial charge in [0.25, 0.3) is 0 Å². The van der Waals surface area contributed by atoms with E-state index in [2.05, 4.69) is 134 Å². The molecule has 4 aliphatic carbocycles. The molecule has 3 saturated carbocycles.